The summed E-state index contributed by atoms with van der Waals surface area (Å²) >= 11 is -0.486. The van der Waals surface area contributed by atoms with E-state index >= 15 is 0 Å². The van der Waals surface area contributed by atoms with Crippen LogP contribution in [0.3, 0.4) is 0 Å². The van der Waals surface area contributed by atoms with Gasteiger partial charge in [-0.1, -0.05) is 0 Å². The van der Waals surface area contributed by atoms with E-state index in [1.807, 2.05) is 6.92 Å². The van der Waals surface area contributed by atoms with Crippen LogP contribution >= 0.6 is 29.3 Å². The molecular weight excluding hydrogens is 547 g/mol. The van der Waals surface area contributed by atoms with Crippen molar-refractivity contribution in [2.75, 3.05) is 0 Å². The van der Waals surface area contributed by atoms with E-state index in [9.17, 15) is 0 Å². The van der Waals surface area contributed by atoms with Crippen LogP contribution in [0.4, 0.5) is 0 Å². The van der Waals surface area contributed by atoms with Crippen LogP contribution in [0.2, 0.25) is 0 Å². The van der Waals surface area contributed by atoms with Crippen LogP contribution in [-0.2, 0) is 0 Å². The topological polar surface area (TPSA) is 61.3 Å². The molecule has 1 aliphatic rings. The van der Waals surface area contributed by atoms with Crippen molar-refractivity contribution >= 4 is 39.1 Å². The molecule has 0 saturated heterocycles. The summed E-state index contributed by atoms with van der Waals surface area (Å²) in [5.41, 5.74) is 11.7. The van der Waals surface area contributed by atoms with E-state index in [2.05, 4.69) is 12.1 Å². The van der Waals surface area contributed by atoms with Gasteiger partial charge in [-0.15, -0.1) is 0 Å². The summed E-state index contributed by atoms with van der Waals surface area (Å²) in [6.45, 7) is 2.04. The molecule has 1 aromatic carbocycles. The maximum atomic E-state index is 5.74. The summed E-state index contributed by atoms with van der Waals surface area (Å²) in [7, 11) is 0.298. The Labute approximate surface area is 124 Å². The average Bonchev–Trinajstić information content (AvgIpc) is 2.37. The molecule has 2 rings (SSSR count). The third kappa shape index (κ3) is 3.01. The standard InChI is InChI=1S/C9H11IN2OP.Np/c1-5-3-6(10-2)8-7(4-5)14-9(11,12)13-8;/h2-4,14H,11-12H2,1H3;/q-1;. The number of benzene rings is 1. The van der Waals surface area contributed by atoms with E-state index in [1.54, 1.807) is 0 Å². The minimum atomic E-state index is -1.02. The van der Waals surface area contributed by atoms with Crippen LogP contribution in [0.5, 0.6) is 5.75 Å². The first-order chi connectivity index (χ1) is 6.52. The number of hydrogen-bond donors (Lipinski definition) is 2. The summed E-state index contributed by atoms with van der Waals surface area (Å²) in [4.78, 5) is 0. The van der Waals surface area contributed by atoms with Crippen LogP contribution in [0.1, 0.15) is 5.56 Å². The Morgan fingerprint density at radius 2 is 2.13 bits per heavy atom. The number of hydrogen-bond acceptors (Lipinski definition) is 3. The van der Waals surface area contributed by atoms with Gasteiger partial charge in [-0.25, -0.2) is 0 Å². The second-order valence-electron chi connectivity index (χ2n) is 3.25. The Morgan fingerprint density at radius 1 is 1.47 bits per heavy atom. The Morgan fingerprint density at radius 3 is 2.73 bits per heavy atom. The summed E-state index contributed by atoms with van der Waals surface area (Å²) < 4.78 is 12.3. The van der Waals surface area contributed by atoms with Crippen molar-refractivity contribution in [3.05, 3.63) is 21.3 Å². The van der Waals surface area contributed by atoms with Gasteiger partial charge in [-0.3, -0.25) is 11.5 Å². The summed E-state index contributed by atoms with van der Waals surface area (Å²) in [6.07, 6.45) is 0. The molecule has 0 spiro atoms. The number of halogens is 1. The average molecular weight is 558 g/mol. The third-order valence-electron chi connectivity index (χ3n) is 1.91. The monoisotopic (exact) mass is 557 g/mol. The number of nitrogens with two attached hydrogens (primary N) is 2. The fourth-order valence-corrected chi connectivity index (χ4v) is 4.19. The van der Waals surface area contributed by atoms with Crippen molar-refractivity contribution in [3.8, 4) is 5.75 Å². The predicted molar refractivity (Wildman–Crippen MR) is 69.6 cm³/mol. The van der Waals surface area contributed by atoms with E-state index in [1.165, 1.54) is 5.56 Å². The quantitative estimate of drug-likeness (QED) is 0.231. The molecule has 4 N–H and O–H groups in total. The van der Waals surface area contributed by atoms with Crippen LogP contribution in [-0.4, -0.2) is 10.1 Å². The summed E-state index contributed by atoms with van der Waals surface area (Å²) in [5, 5.41) is 1.11. The first kappa shape index (κ1) is 14.0. The Bertz CT molecular complexity index is 411. The maximum Gasteiger partial charge on any atom is 0.232 e. The van der Waals surface area contributed by atoms with Gasteiger partial charge in [0, 0.05) is 38.8 Å². The smallest absolute Gasteiger partial charge is 0.232 e. The van der Waals surface area contributed by atoms with Crippen molar-refractivity contribution in [2.24, 2.45) is 11.5 Å². The number of ether oxygens (including phenoxy) is 1. The molecular formula is C9H11IN2NpOP-. The van der Waals surface area contributed by atoms with Crippen molar-refractivity contribution in [1.29, 1.82) is 0 Å². The van der Waals surface area contributed by atoms with E-state index in [-0.39, 0.29) is 29.9 Å². The molecule has 3 nitrogen and oxygen atoms in total. The molecule has 1 radical (unpaired) electrons. The van der Waals surface area contributed by atoms with Crippen molar-refractivity contribution in [3.63, 3.8) is 0 Å². The summed E-state index contributed by atoms with van der Waals surface area (Å²) in [5.74, 6) is 0.828. The predicted octanol–water partition coefficient (Wildman–Crippen LogP) is 0.669. The van der Waals surface area contributed by atoms with Gasteiger partial charge in [-0.2, -0.15) is 0 Å². The van der Waals surface area contributed by atoms with Crippen LogP contribution in [0, 0.1) is 40.4 Å². The molecule has 1 unspecified atom stereocenters. The van der Waals surface area contributed by atoms with Crippen molar-refractivity contribution in [1.82, 2.24) is 0 Å². The van der Waals surface area contributed by atoms with Gasteiger partial charge in [0.2, 0.25) is 5.59 Å². The first-order valence-electron chi connectivity index (χ1n) is 4.05. The van der Waals surface area contributed by atoms with Gasteiger partial charge >= 0.3 is 0 Å². The van der Waals surface area contributed by atoms with Crippen molar-refractivity contribution < 1.29 is 34.7 Å². The first-order valence-corrected chi connectivity index (χ1v) is 7.37. The molecule has 0 fully saturated rings. The van der Waals surface area contributed by atoms with E-state index in [0.29, 0.717) is 8.58 Å². The maximum absolute atomic E-state index is 5.74. The molecule has 1 aliphatic heterocycles. The molecule has 0 saturated carbocycles. The van der Waals surface area contributed by atoms with Crippen LogP contribution in [0.15, 0.2) is 12.1 Å². The van der Waals surface area contributed by atoms with E-state index in [4.69, 9.17) is 20.7 Å². The molecule has 1 atom stereocenters. The fraction of sp³-hybridized carbons (Fsp3) is 0.222. The van der Waals surface area contributed by atoms with E-state index in [0.717, 1.165) is 14.6 Å². The molecule has 0 amide bonds. The zero-order valence-electron chi connectivity index (χ0n) is 8.12. The largest absolute Gasteiger partial charge is 0.469 e. The number of aryl methyl sites for hydroxylation is 1. The second-order valence-corrected chi connectivity index (χ2v) is 6.61. The summed E-state index contributed by atoms with van der Waals surface area (Å²) in [6, 6.07) is 4.12. The minimum absolute atomic E-state index is 0. The zero-order chi connectivity index (χ0) is 10.3. The van der Waals surface area contributed by atoms with Crippen LogP contribution < -0.4 is 21.5 Å². The Balaban J connectivity index is 0.00000112. The minimum Gasteiger partial charge on any atom is -0.469 e. The van der Waals surface area contributed by atoms with Crippen molar-refractivity contribution in [2.45, 2.75) is 12.5 Å². The van der Waals surface area contributed by atoms with Gasteiger partial charge in [0.25, 0.3) is 0 Å². The molecule has 0 bridgehead atoms. The molecule has 15 heavy (non-hydrogen) atoms. The molecule has 1 aromatic rings. The molecule has 6 heteroatoms. The fourth-order valence-electron chi connectivity index (χ4n) is 1.41. The second kappa shape index (κ2) is 5.09. The number of fused-ring (bicyclic) bond motifs is 1. The number of rotatable bonds is 1. The van der Waals surface area contributed by atoms with Gasteiger partial charge in [0.1, 0.15) is 5.75 Å². The van der Waals surface area contributed by atoms with Crippen LogP contribution in [0.25, 0.3) is 0 Å². The van der Waals surface area contributed by atoms with Gasteiger partial charge in [-0.05, 0) is 33.2 Å². The molecule has 1 heterocycles. The molecule has 0 aliphatic carbocycles. The normalized spacial score (nSPS) is 18.1. The Kier molecular flexibility index (Phi) is 4.77. The Hall–Kier alpha value is 0.983. The zero-order valence-corrected chi connectivity index (χ0v) is 15.0. The van der Waals surface area contributed by atoms with E-state index < -0.39 is 26.3 Å². The molecule has 0 aromatic heterocycles. The SMILES string of the molecule is [CH-]=Ic1cc(C)cc2c1OC(N)(N)P2.[Np]. The van der Waals surface area contributed by atoms with Gasteiger partial charge in [0.05, 0.1) is 0 Å². The van der Waals surface area contributed by atoms with Gasteiger partial charge in [0.15, 0.2) is 0 Å². The third-order valence-corrected chi connectivity index (χ3v) is 4.51. The van der Waals surface area contributed by atoms with Gasteiger partial charge < -0.3 is 30.0 Å². The molecule has 81 valence electrons.